The fraction of sp³-hybridized carbons (Fsp3) is 1.00. The van der Waals surface area contributed by atoms with Gasteiger partial charge in [0, 0.05) is 13.2 Å². The van der Waals surface area contributed by atoms with Gasteiger partial charge in [-0.05, 0) is 19.3 Å². The molecule has 0 aliphatic carbocycles. The van der Waals surface area contributed by atoms with Crippen LogP contribution in [0.25, 0.3) is 0 Å². The Morgan fingerprint density at radius 1 is 1.00 bits per heavy atom. The van der Waals surface area contributed by atoms with Crippen molar-refractivity contribution in [2.24, 2.45) is 5.73 Å². The largest absolute Gasteiger partial charge is 0.374 e. The van der Waals surface area contributed by atoms with Gasteiger partial charge in [0.15, 0.2) is 0 Å². The van der Waals surface area contributed by atoms with Gasteiger partial charge in [-0.25, -0.2) is 0 Å². The van der Waals surface area contributed by atoms with E-state index in [1.165, 1.54) is 25.7 Å². The maximum Gasteiger partial charge on any atom is 0.0798 e. The quantitative estimate of drug-likeness (QED) is 0.582. The molecule has 0 aromatic carbocycles. The lowest BCUT2D eigenvalue weighted by atomic mass is 9.97. The summed E-state index contributed by atoms with van der Waals surface area (Å²) in [7, 11) is 0. The molecular weight excluding hydrogens is 174 g/mol. The Bertz CT molecular complexity index is 113. The molecule has 2 heteroatoms. The smallest absolute Gasteiger partial charge is 0.0798 e. The van der Waals surface area contributed by atoms with Crippen molar-refractivity contribution in [1.82, 2.24) is 0 Å². The van der Waals surface area contributed by atoms with Crippen LogP contribution < -0.4 is 5.73 Å². The normalized spacial score (nSPS) is 12.0. The second-order valence-corrected chi connectivity index (χ2v) is 4.00. The average Bonchev–Trinajstić information content (AvgIpc) is 2.24. The van der Waals surface area contributed by atoms with Gasteiger partial charge in [-0.15, -0.1) is 0 Å². The van der Waals surface area contributed by atoms with Gasteiger partial charge in [0.25, 0.3) is 0 Å². The van der Waals surface area contributed by atoms with Crippen LogP contribution >= 0.6 is 0 Å². The Labute approximate surface area is 89.2 Å². The highest BCUT2D eigenvalue weighted by atomic mass is 16.5. The molecule has 0 saturated carbocycles. The number of hydrogen-bond donors (Lipinski definition) is 1. The fourth-order valence-electron chi connectivity index (χ4n) is 1.62. The third-order valence-corrected chi connectivity index (χ3v) is 3.07. The molecule has 0 rings (SSSR count). The summed E-state index contributed by atoms with van der Waals surface area (Å²) in [5, 5.41) is 0. The zero-order chi connectivity index (χ0) is 10.9. The molecule has 2 nitrogen and oxygen atoms in total. The van der Waals surface area contributed by atoms with Crippen LogP contribution in [0.2, 0.25) is 0 Å². The fourth-order valence-corrected chi connectivity index (χ4v) is 1.62. The number of unbranched alkanes of at least 4 members (excludes halogenated alkanes) is 3. The summed E-state index contributed by atoms with van der Waals surface area (Å²) < 4.78 is 5.90. The molecule has 0 bridgehead atoms. The Balaban J connectivity index is 3.61. The van der Waals surface area contributed by atoms with E-state index in [0.29, 0.717) is 6.54 Å². The molecule has 14 heavy (non-hydrogen) atoms. The molecule has 0 heterocycles. The molecule has 0 radical (unpaired) electrons. The first-order valence-electron chi connectivity index (χ1n) is 6.08. The molecular formula is C12H27NO. The van der Waals surface area contributed by atoms with Crippen molar-refractivity contribution in [2.75, 3.05) is 13.2 Å². The van der Waals surface area contributed by atoms with Crippen LogP contribution in [0.4, 0.5) is 0 Å². The van der Waals surface area contributed by atoms with E-state index in [2.05, 4.69) is 20.8 Å². The van der Waals surface area contributed by atoms with E-state index in [9.17, 15) is 0 Å². The van der Waals surface area contributed by atoms with Crippen molar-refractivity contribution in [2.45, 2.75) is 64.9 Å². The van der Waals surface area contributed by atoms with Crippen molar-refractivity contribution in [3.8, 4) is 0 Å². The molecule has 2 N–H and O–H groups in total. The number of rotatable bonds is 9. The van der Waals surface area contributed by atoms with Crippen molar-refractivity contribution in [3.63, 3.8) is 0 Å². The summed E-state index contributed by atoms with van der Waals surface area (Å²) >= 11 is 0. The third-order valence-electron chi connectivity index (χ3n) is 3.07. The zero-order valence-corrected chi connectivity index (χ0v) is 10.1. The standard InChI is InChI=1S/C12H27NO/c1-4-7-8-9-10-14-12(5-2,6-3)11-13/h4-11,13H2,1-3H3. The minimum atomic E-state index is -0.0494. The van der Waals surface area contributed by atoms with E-state index < -0.39 is 0 Å². The second-order valence-electron chi connectivity index (χ2n) is 4.00. The second kappa shape index (κ2) is 8.25. The van der Waals surface area contributed by atoms with Crippen molar-refractivity contribution in [3.05, 3.63) is 0 Å². The summed E-state index contributed by atoms with van der Waals surface area (Å²) in [4.78, 5) is 0. The van der Waals surface area contributed by atoms with Gasteiger partial charge >= 0.3 is 0 Å². The van der Waals surface area contributed by atoms with Crippen LogP contribution in [0.5, 0.6) is 0 Å². The molecule has 0 saturated heterocycles. The summed E-state index contributed by atoms with van der Waals surface area (Å²) in [5.74, 6) is 0. The lowest BCUT2D eigenvalue weighted by Gasteiger charge is -2.30. The topological polar surface area (TPSA) is 35.2 Å². The first-order valence-corrected chi connectivity index (χ1v) is 6.08. The van der Waals surface area contributed by atoms with Crippen molar-refractivity contribution >= 4 is 0 Å². The van der Waals surface area contributed by atoms with Gasteiger partial charge in [-0.2, -0.15) is 0 Å². The Morgan fingerprint density at radius 2 is 1.64 bits per heavy atom. The molecule has 0 aromatic rings. The van der Waals surface area contributed by atoms with Crippen LogP contribution in [0.1, 0.15) is 59.3 Å². The summed E-state index contributed by atoms with van der Waals surface area (Å²) in [6.45, 7) is 8.06. The monoisotopic (exact) mass is 201 g/mol. The summed E-state index contributed by atoms with van der Waals surface area (Å²) in [6, 6.07) is 0. The minimum Gasteiger partial charge on any atom is -0.374 e. The highest BCUT2D eigenvalue weighted by Crippen LogP contribution is 2.19. The molecule has 86 valence electrons. The molecule has 0 fully saturated rings. The van der Waals surface area contributed by atoms with E-state index in [-0.39, 0.29) is 5.60 Å². The van der Waals surface area contributed by atoms with Crippen LogP contribution in [-0.2, 0) is 4.74 Å². The third kappa shape index (κ3) is 4.97. The highest BCUT2D eigenvalue weighted by molar-refractivity contribution is 4.78. The molecule has 0 aliphatic heterocycles. The SMILES string of the molecule is CCCCCCOC(CC)(CC)CN. The van der Waals surface area contributed by atoms with Crippen LogP contribution in [0, 0.1) is 0 Å². The molecule has 0 atom stereocenters. The predicted octanol–water partition coefficient (Wildman–Crippen LogP) is 3.10. The lowest BCUT2D eigenvalue weighted by molar-refractivity contribution is -0.0457. The molecule has 0 aromatic heterocycles. The maximum atomic E-state index is 5.90. The highest BCUT2D eigenvalue weighted by Gasteiger charge is 2.24. The average molecular weight is 201 g/mol. The first kappa shape index (κ1) is 13.9. The van der Waals surface area contributed by atoms with Gasteiger partial charge in [0.2, 0.25) is 0 Å². The lowest BCUT2D eigenvalue weighted by Crippen LogP contribution is -2.39. The van der Waals surface area contributed by atoms with Gasteiger partial charge in [0.1, 0.15) is 0 Å². The van der Waals surface area contributed by atoms with Crippen LogP contribution in [-0.4, -0.2) is 18.8 Å². The van der Waals surface area contributed by atoms with E-state index in [0.717, 1.165) is 19.4 Å². The maximum absolute atomic E-state index is 5.90. The first-order chi connectivity index (χ1) is 6.74. The van der Waals surface area contributed by atoms with E-state index in [1.807, 2.05) is 0 Å². The summed E-state index contributed by atoms with van der Waals surface area (Å²) in [5.41, 5.74) is 5.70. The van der Waals surface area contributed by atoms with Crippen LogP contribution in [0.15, 0.2) is 0 Å². The molecule has 0 spiro atoms. The number of ether oxygens (including phenoxy) is 1. The Hall–Kier alpha value is -0.0800. The van der Waals surface area contributed by atoms with E-state index in [1.54, 1.807) is 0 Å². The summed E-state index contributed by atoms with van der Waals surface area (Å²) in [6.07, 6.45) is 7.10. The number of hydrogen-bond acceptors (Lipinski definition) is 2. The van der Waals surface area contributed by atoms with Crippen molar-refractivity contribution < 1.29 is 4.74 Å². The van der Waals surface area contributed by atoms with E-state index >= 15 is 0 Å². The van der Waals surface area contributed by atoms with Crippen LogP contribution in [0.3, 0.4) is 0 Å². The Morgan fingerprint density at radius 3 is 2.07 bits per heavy atom. The van der Waals surface area contributed by atoms with Gasteiger partial charge in [0.05, 0.1) is 5.60 Å². The Kier molecular flexibility index (Phi) is 8.20. The van der Waals surface area contributed by atoms with Gasteiger partial charge in [-0.3, -0.25) is 0 Å². The van der Waals surface area contributed by atoms with Gasteiger partial charge < -0.3 is 10.5 Å². The minimum absolute atomic E-state index is 0.0494. The zero-order valence-electron chi connectivity index (χ0n) is 10.1. The molecule has 0 aliphatic rings. The van der Waals surface area contributed by atoms with Crippen molar-refractivity contribution in [1.29, 1.82) is 0 Å². The number of nitrogens with two attached hydrogens (primary N) is 1. The molecule has 0 unspecified atom stereocenters. The molecule has 0 amide bonds. The van der Waals surface area contributed by atoms with E-state index in [4.69, 9.17) is 10.5 Å². The predicted molar refractivity (Wildman–Crippen MR) is 62.5 cm³/mol. The van der Waals surface area contributed by atoms with Gasteiger partial charge in [-0.1, -0.05) is 40.0 Å².